The van der Waals surface area contributed by atoms with Crippen molar-refractivity contribution in [3.8, 4) is 5.75 Å². The Balaban J connectivity index is 2.05. The Bertz CT molecular complexity index is 500. The highest BCUT2D eigenvalue weighted by atomic mass is 16.5. The van der Waals surface area contributed by atoms with Crippen LogP contribution >= 0.6 is 0 Å². The first kappa shape index (κ1) is 12.5. The summed E-state index contributed by atoms with van der Waals surface area (Å²) in [6.45, 7) is 2.92. The number of ether oxygens (including phenoxy) is 1. The minimum atomic E-state index is 0.378. The van der Waals surface area contributed by atoms with E-state index in [-0.39, 0.29) is 0 Å². The summed E-state index contributed by atoms with van der Waals surface area (Å²) in [5.74, 6) is 1.52. The van der Waals surface area contributed by atoms with Crippen molar-refractivity contribution in [1.29, 1.82) is 0 Å². The summed E-state index contributed by atoms with van der Waals surface area (Å²) in [4.78, 5) is 8.78. The van der Waals surface area contributed by atoms with Crippen LogP contribution in [0.1, 0.15) is 17.2 Å². The fourth-order valence-corrected chi connectivity index (χ4v) is 1.71. The smallest absolute Gasteiger partial charge is 0.166 e. The zero-order valence-corrected chi connectivity index (χ0v) is 10.5. The molecule has 0 saturated carbocycles. The van der Waals surface area contributed by atoms with Gasteiger partial charge >= 0.3 is 0 Å². The lowest BCUT2D eigenvalue weighted by atomic mass is 10.2. The van der Waals surface area contributed by atoms with Gasteiger partial charge in [0.25, 0.3) is 0 Å². The number of para-hydroxylation sites is 1. The number of hydrogen-bond acceptors (Lipinski definition) is 4. The molecule has 1 heterocycles. The number of nitrogens with zero attached hydrogens (tertiary/aromatic N) is 2. The Hall–Kier alpha value is -1.94. The third-order valence-electron chi connectivity index (χ3n) is 2.47. The highest BCUT2D eigenvalue weighted by Crippen LogP contribution is 2.10. The molecule has 0 fully saturated rings. The molecule has 4 nitrogen and oxygen atoms in total. The van der Waals surface area contributed by atoms with Gasteiger partial charge in [0.15, 0.2) is 5.82 Å². The third-order valence-corrected chi connectivity index (χ3v) is 2.47. The molecule has 1 aromatic carbocycles. The zero-order valence-electron chi connectivity index (χ0n) is 10.5. The molecular weight excluding hydrogens is 226 g/mol. The number of benzene rings is 1. The summed E-state index contributed by atoms with van der Waals surface area (Å²) in [7, 11) is 0. The number of aryl methyl sites for hydroxylation is 1. The Morgan fingerprint density at radius 2 is 1.94 bits per heavy atom. The molecule has 4 heteroatoms. The molecular formula is C14H17N3O. The molecule has 0 amide bonds. The second-order valence-corrected chi connectivity index (χ2v) is 4.06. The van der Waals surface area contributed by atoms with Gasteiger partial charge in [-0.1, -0.05) is 18.2 Å². The summed E-state index contributed by atoms with van der Waals surface area (Å²) >= 11 is 0. The Morgan fingerprint density at radius 3 is 2.67 bits per heavy atom. The van der Waals surface area contributed by atoms with Gasteiger partial charge in [0, 0.05) is 17.8 Å². The molecule has 2 rings (SSSR count). The van der Waals surface area contributed by atoms with Crippen LogP contribution < -0.4 is 10.5 Å². The quantitative estimate of drug-likeness (QED) is 0.870. The second-order valence-electron chi connectivity index (χ2n) is 4.06. The first-order valence-electron chi connectivity index (χ1n) is 5.99. The molecule has 2 N–H and O–H groups in total. The molecule has 0 unspecified atom stereocenters. The predicted molar refractivity (Wildman–Crippen MR) is 70.3 cm³/mol. The minimum absolute atomic E-state index is 0.378. The lowest BCUT2D eigenvalue weighted by Gasteiger charge is -2.07. The van der Waals surface area contributed by atoms with Crippen LogP contribution in [0, 0.1) is 6.92 Å². The van der Waals surface area contributed by atoms with Crippen LogP contribution in [0.25, 0.3) is 0 Å². The van der Waals surface area contributed by atoms with E-state index in [1.54, 1.807) is 0 Å². The Kier molecular flexibility index (Phi) is 4.25. The highest BCUT2D eigenvalue weighted by Gasteiger charge is 2.03. The van der Waals surface area contributed by atoms with E-state index in [2.05, 4.69) is 9.97 Å². The third kappa shape index (κ3) is 3.53. The van der Waals surface area contributed by atoms with Gasteiger partial charge in [-0.3, -0.25) is 0 Å². The molecule has 0 radical (unpaired) electrons. The molecule has 0 atom stereocenters. The standard InChI is InChI=1S/C14H17N3O/c1-11-9-12(7-8-15)17-14(16-11)10-18-13-5-3-2-4-6-13/h2-6,9H,7-8,10,15H2,1H3. The summed E-state index contributed by atoms with van der Waals surface area (Å²) < 4.78 is 5.62. The molecule has 0 aliphatic rings. The molecule has 0 aliphatic heterocycles. The predicted octanol–water partition coefficient (Wildman–Crippen LogP) is 1.87. The zero-order chi connectivity index (χ0) is 12.8. The van der Waals surface area contributed by atoms with Crippen LogP contribution in [0.15, 0.2) is 36.4 Å². The topological polar surface area (TPSA) is 61.0 Å². The van der Waals surface area contributed by atoms with Gasteiger partial charge in [0.2, 0.25) is 0 Å². The average molecular weight is 243 g/mol. The van der Waals surface area contributed by atoms with Crippen LogP contribution in [-0.4, -0.2) is 16.5 Å². The summed E-state index contributed by atoms with van der Waals surface area (Å²) in [6.07, 6.45) is 0.766. The van der Waals surface area contributed by atoms with Crippen LogP contribution in [0.4, 0.5) is 0 Å². The maximum absolute atomic E-state index is 5.62. The van der Waals surface area contributed by atoms with Gasteiger partial charge in [-0.2, -0.15) is 0 Å². The lowest BCUT2D eigenvalue weighted by Crippen LogP contribution is -2.09. The van der Waals surface area contributed by atoms with Crippen LogP contribution in [0.2, 0.25) is 0 Å². The van der Waals surface area contributed by atoms with E-state index < -0.39 is 0 Å². The Labute approximate surface area is 107 Å². The molecule has 0 spiro atoms. The summed E-state index contributed by atoms with van der Waals surface area (Å²) in [5.41, 5.74) is 7.45. The number of aromatic nitrogens is 2. The fraction of sp³-hybridized carbons (Fsp3) is 0.286. The van der Waals surface area contributed by atoms with Crippen molar-refractivity contribution in [2.45, 2.75) is 20.0 Å². The van der Waals surface area contributed by atoms with Gasteiger partial charge in [-0.15, -0.1) is 0 Å². The average Bonchev–Trinajstić information content (AvgIpc) is 2.37. The number of hydrogen-bond donors (Lipinski definition) is 1. The summed E-state index contributed by atoms with van der Waals surface area (Å²) in [6, 6.07) is 11.6. The van der Waals surface area contributed by atoms with E-state index in [9.17, 15) is 0 Å². The van der Waals surface area contributed by atoms with Crippen LogP contribution in [-0.2, 0) is 13.0 Å². The molecule has 94 valence electrons. The maximum atomic E-state index is 5.62. The van der Waals surface area contributed by atoms with Crippen LogP contribution in [0.5, 0.6) is 5.75 Å². The van der Waals surface area contributed by atoms with Crippen molar-refractivity contribution in [3.63, 3.8) is 0 Å². The first-order valence-corrected chi connectivity index (χ1v) is 5.99. The van der Waals surface area contributed by atoms with Crippen molar-refractivity contribution in [2.24, 2.45) is 5.73 Å². The van der Waals surface area contributed by atoms with Crippen molar-refractivity contribution >= 4 is 0 Å². The molecule has 0 bridgehead atoms. The minimum Gasteiger partial charge on any atom is -0.486 e. The lowest BCUT2D eigenvalue weighted by molar-refractivity contribution is 0.295. The van der Waals surface area contributed by atoms with Gasteiger partial charge < -0.3 is 10.5 Å². The molecule has 0 saturated heterocycles. The van der Waals surface area contributed by atoms with Gasteiger partial charge in [0.05, 0.1) is 0 Å². The van der Waals surface area contributed by atoms with Gasteiger partial charge in [0.1, 0.15) is 12.4 Å². The molecule has 18 heavy (non-hydrogen) atoms. The van der Waals surface area contributed by atoms with Crippen LogP contribution in [0.3, 0.4) is 0 Å². The van der Waals surface area contributed by atoms with Crippen molar-refractivity contribution in [1.82, 2.24) is 9.97 Å². The van der Waals surface area contributed by atoms with Gasteiger partial charge in [-0.25, -0.2) is 9.97 Å². The van der Waals surface area contributed by atoms with E-state index in [0.717, 1.165) is 23.6 Å². The Morgan fingerprint density at radius 1 is 1.17 bits per heavy atom. The molecule has 2 aromatic rings. The first-order chi connectivity index (χ1) is 8.78. The van der Waals surface area contributed by atoms with E-state index >= 15 is 0 Å². The maximum Gasteiger partial charge on any atom is 0.166 e. The number of nitrogens with two attached hydrogens (primary N) is 1. The van der Waals surface area contributed by atoms with E-state index in [1.807, 2.05) is 43.3 Å². The number of rotatable bonds is 5. The van der Waals surface area contributed by atoms with E-state index in [0.29, 0.717) is 19.0 Å². The largest absolute Gasteiger partial charge is 0.486 e. The molecule has 1 aromatic heterocycles. The molecule has 0 aliphatic carbocycles. The SMILES string of the molecule is Cc1cc(CCN)nc(COc2ccccc2)n1. The van der Waals surface area contributed by atoms with E-state index in [4.69, 9.17) is 10.5 Å². The van der Waals surface area contributed by atoms with Gasteiger partial charge in [-0.05, 0) is 31.7 Å². The van der Waals surface area contributed by atoms with Crippen molar-refractivity contribution in [2.75, 3.05) is 6.54 Å². The monoisotopic (exact) mass is 243 g/mol. The van der Waals surface area contributed by atoms with Crippen molar-refractivity contribution < 1.29 is 4.74 Å². The van der Waals surface area contributed by atoms with E-state index in [1.165, 1.54) is 0 Å². The van der Waals surface area contributed by atoms with Crippen molar-refractivity contribution in [3.05, 3.63) is 53.6 Å². The normalized spacial score (nSPS) is 10.3. The highest BCUT2D eigenvalue weighted by molar-refractivity contribution is 5.21. The summed E-state index contributed by atoms with van der Waals surface area (Å²) in [5, 5.41) is 0. The fourth-order valence-electron chi connectivity index (χ4n) is 1.71. The second kappa shape index (κ2) is 6.12.